The van der Waals surface area contributed by atoms with E-state index in [0.717, 1.165) is 30.5 Å². The first kappa shape index (κ1) is 17.0. The SMILES string of the molecule is CNCCC1c2cccc(-c3ccc(C(F)(F)F)cc3)c2CC1C. The van der Waals surface area contributed by atoms with Crippen molar-refractivity contribution in [2.45, 2.75) is 31.9 Å². The minimum absolute atomic E-state index is 0.516. The minimum Gasteiger partial charge on any atom is -0.320 e. The zero-order valence-electron chi connectivity index (χ0n) is 14.0. The molecule has 3 rings (SSSR count). The first-order valence-corrected chi connectivity index (χ1v) is 8.36. The van der Waals surface area contributed by atoms with Crippen LogP contribution >= 0.6 is 0 Å². The highest BCUT2D eigenvalue weighted by molar-refractivity contribution is 5.70. The molecule has 0 saturated heterocycles. The molecule has 0 heterocycles. The molecule has 4 heteroatoms. The average molecular weight is 333 g/mol. The monoisotopic (exact) mass is 333 g/mol. The van der Waals surface area contributed by atoms with Crippen LogP contribution in [-0.2, 0) is 12.6 Å². The first-order valence-electron chi connectivity index (χ1n) is 8.36. The Kier molecular flexibility index (Phi) is 4.68. The zero-order chi connectivity index (χ0) is 17.3. The number of alkyl halides is 3. The third-order valence-corrected chi connectivity index (χ3v) is 5.05. The second-order valence-corrected chi connectivity index (χ2v) is 6.63. The van der Waals surface area contributed by atoms with Crippen molar-refractivity contribution in [1.29, 1.82) is 0 Å². The van der Waals surface area contributed by atoms with E-state index in [1.54, 1.807) is 12.1 Å². The van der Waals surface area contributed by atoms with E-state index in [2.05, 4.69) is 18.3 Å². The highest BCUT2D eigenvalue weighted by Gasteiger charge is 2.32. The average Bonchev–Trinajstić information content (AvgIpc) is 2.87. The largest absolute Gasteiger partial charge is 0.416 e. The Bertz CT molecular complexity index is 704. The molecule has 0 radical (unpaired) electrons. The Balaban J connectivity index is 1.95. The summed E-state index contributed by atoms with van der Waals surface area (Å²) in [5.41, 5.74) is 3.99. The van der Waals surface area contributed by atoms with E-state index in [-0.39, 0.29) is 0 Å². The number of rotatable bonds is 4. The lowest BCUT2D eigenvalue weighted by atomic mass is 9.90. The number of halogens is 3. The second-order valence-electron chi connectivity index (χ2n) is 6.63. The van der Waals surface area contributed by atoms with Gasteiger partial charge in [-0.1, -0.05) is 37.3 Å². The van der Waals surface area contributed by atoms with E-state index in [1.165, 1.54) is 23.3 Å². The fourth-order valence-electron chi connectivity index (χ4n) is 3.80. The van der Waals surface area contributed by atoms with E-state index in [0.29, 0.717) is 11.8 Å². The third-order valence-electron chi connectivity index (χ3n) is 5.05. The molecule has 0 amide bonds. The standard InChI is InChI=1S/C20H22F3N/c1-13-12-19-17(4-3-5-18(19)16(13)10-11-24-2)14-6-8-15(9-7-14)20(21,22)23/h3-9,13,16,24H,10-12H2,1-2H3. The lowest BCUT2D eigenvalue weighted by molar-refractivity contribution is -0.137. The second kappa shape index (κ2) is 6.60. The zero-order valence-corrected chi connectivity index (χ0v) is 14.0. The fourth-order valence-corrected chi connectivity index (χ4v) is 3.80. The number of hydrogen-bond donors (Lipinski definition) is 1. The molecule has 0 aliphatic heterocycles. The van der Waals surface area contributed by atoms with Crippen LogP contribution in [0.25, 0.3) is 11.1 Å². The van der Waals surface area contributed by atoms with Crippen LogP contribution in [0.2, 0.25) is 0 Å². The van der Waals surface area contributed by atoms with Crippen molar-refractivity contribution in [3.8, 4) is 11.1 Å². The highest BCUT2D eigenvalue weighted by Crippen LogP contribution is 2.44. The van der Waals surface area contributed by atoms with Gasteiger partial charge in [0.15, 0.2) is 0 Å². The molecular formula is C20H22F3N. The molecule has 0 fully saturated rings. The van der Waals surface area contributed by atoms with Gasteiger partial charge in [-0.05, 0) is 72.7 Å². The van der Waals surface area contributed by atoms with Gasteiger partial charge in [-0.3, -0.25) is 0 Å². The molecule has 128 valence electrons. The van der Waals surface area contributed by atoms with Crippen molar-refractivity contribution in [2.75, 3.05) is 13.6 Å². The molecule has 0 saturated carbocycles. The molecule has 2 aromatic rings. The normalized spacial score (nSPS) is 20.2. The van der Waals surface area contributed by atoms with Gasteiger partial charge in [0.2, 0.25) is 0 Å². The van der Waals surface area contributed by atoms with Crippen molar-refractivity contribution >= 4 is 0 Å². The van der Waals surface area contributed by atoms with Gasteiger partial charge in [0.25, 0.3) is 0 Å². The predicted molar refractivity (Wildman–Crippen MR) is 91.0 cm³/mol. The summed E-state index contributed by atoms with van der Waals surface area (Å²) in [5.74, 6) is 1.07. The maximum Gasteiger partial charge on any atom is 0.416 e. The maximum atomic E-state index is 12.8. The Morgan fingerprint density at radius 3 is 2.42 bits per heavy atom. The molecule has 2 aromatic carbocycles. The number of nitrogens with one attached hydrogen (secondary N) is 1. The summed E-state index contributed by atoms with van der Waals surface area (Å²) in [7, 11) is 1.96. The minimum atomic E-state index is -4.29. The van der Waals surface area contributed by atoms with E-state index in [9.17, 15) is 13.2 Å². The van der Waals surface area contributed by atoms with Gasteiger partial charge in [0, 0.05) is 0 Å². The smallest absolute Gasteiger partial charge is 0.320 e. The molecule has 2 unspecified atom stereocenters. The van der Waals surface area contributed by atoms with Crippen LogP contribution in [0, 0.1) is 5.92 Å². The van der Waals surface area contributed by atoms with Crippen LogP contribution in [0.4, 0.5) is 13.2 Å². The Hall–Kier alpha value is -1.81. The molecule has 1 nitrogen and oxygen atoms in total. The molecule has 1 aliphatic carbocycles. The van der Waals surface area contributed by atoms with E-state index < -0.39 is 11.7 Å². The predicted octanol–water partition coefficient (Wildman–Crippen LogP) is 5.26. The quantitative estimate of drug-likeness (QED) is 0.805. The molecular weight excluding hydrogens is 311 g/mol. The van der Waals surface area contributed by atoms with Gasteiger partial charge >= 0.3 is 6.18 Å². The maximum absolute atomic E-state index is 12.8. The summed E-state index contributed by atoms with van der Waals surface area (Å²) in [6, 6.07) is 11.7. The third kappa shape index (κ3) is 3.20. The number of fused-ring (bicyclic) bond motifs is 1. The Labute approximate surface area is 140 Å². The van der Waals surface area contributed by atoms with E-state index in [1.807, 2.05) is 19.2 Å². The molecule has 1 aliphatic rings. The molecule has 0 spiro atoms. The van der Waals surface area contributed by atoms with Crippen LogP contribution in [0.15, 0.2) is 42.5 Å². The Morgan fingerprint density at radius 2 is 1.79 bits per heavy atom. The molecule has 1 N–H and O–H groups in total. The lowest BCUT2D eigenvalue weighted by Gasteiger charge is -2.16. The van der Waals surface area contributed by atoms with Gasteiger partial charge in [-0.25, -0.2) is 0 Å². The number of benzene rings is 2. The van der Waals surface area contributed by atoms with Crippen LogP contribution in [-0.4, -0.2) is 13.6 Å². The summed E-state index contributed by atoms with van der Waals surface area (Å²) in [6.07, 6.45) is -2.22. The van der Waals surface area contributed by atoms with Crippen molar-refractivity contribution < 1.29 is 13.2 Å². The van der Waals surface area contributed by atoms with Gasteiger partial charge in [-0.2, -0.15) is 13.2 Å². The van der Waals surface area contributed by atoms with Crippen molar-refractivity contribution in [3.05, 3.63) is 59.2 Å². The summed E-state index contributed by atoms with van der Waals surface area (Å²) in [4.78, 5) is 0. The molecule has 0 aromatic heterocycles. The lowest BCUT2D eigenvalue weighted by Crippen LogP contribution is -2.14. The van der Waals surface area contributed by atoms with E-state index in [4.69, 9.17) is 0 Å². The van der Waals surface area contributed by atoms with Crippen molar-refractivity contribution in [2.24, 2.45) is 5.92 Å². The summed E-state index contributed by atoms with van der Waals surface area (Å²) in [6.45, 7) is 3.23. The van der Waals surface area contributed by atoms with Crippen LogP contribution in [0.3, 0.4) is 0 Å². The molecule has 24 heavy (non-hydrogen) atoms. The summed E-state index contributed by atoms with van der Waals surface area (Å²) < 4.78 is 38.3. The van der Waals surface area contributed by atoms with Crippen molar-refractivity contribution in [1.82, 2.24) is 5.32 Å². The molecule has 0 bridgehead atoms. The van der Waals surface area contributed by atoms with Gasteiger partial charge in [-0.15, -0.1) is 0 Å². The Morgan fingerprint density at radius 1 is 1.08 bits per heavy atom. The molecule has 2 atom stereocenters. The van der Waals surface area contributed by atoms with Gasteiger partial charge in [0.1, 0.15) is 0 Å². The van der Waals surface area contributed by atoms with Crippen LogP contribution in [0.5, 0.6) is 0 Å². The topological polar surface area (TPSA) is 12.0 Å². The van der Waals surface area contributed by atoms with Crippen LogP contribution in [0.1, 0.15) is 36.0 Å². The van der Waals surface area contributed by atoms with E-state index >= 15 is 0 Å². The first-order chi connectivity index (χ1) is 11.4. The number of hydrogen-bond acceptors (Lipinski definition) is 1. The van der Waals surface area contributed by atoms with Gasteiger partial charge in [0.05, 0.1) is 5.56 Å². The fraction of sp³-hybridized carbons (Fsp3) is 0.400. The van der Waals surface area contributed by atoms with Crippen LogP contribution < -0.4 is 5.32 Å². The van der Waals surface area contributed by atoms with Crippen molar-refractivity contribution in [3.63, 3.8) is 0 Å². The summed E-state index contributed by atoms with van der Waals surface area (Å²) >= 11 is 0. The van der Waals surface area contributed by atoms with Gasteiger partial charge < -0.3 is 5.32 Å². The highest BCUT2D eigenvalue weighted by atomic mass is 19.4. The summed E-state index contributed by atoms with van der Waals surface area (Å²) in [5, 5.41) is 3.21.